The van der Waals surface area contributed by atoms with Gasteiger partial charge in [-0.2, -0.15) is 10.5 Å². The van der Waals surface area contributed by atoms with Gasteiger partial charge in [0.1, 0.15) is 23.5 Å². The van der Waals surface area contributed by atoms with E-state index in [1.807, 2.05) is 36.4 Å². The maximum absolute atomic E-state index is 9.64. The molecule has 0 amide bonds. The minimum Gasteiger partial charge on any atom is -0.248 e. The van der Waals surface area contributed by atoms with E-state index in [-0.39, 0.29) is 0 Å². The van der Waals surface area contributed by atoms with Gasteiger partial charge in [0.05, 0.1) is 28.2 Å². The first-order chi connectivity index (χ1) is 30.1. The highest BCUT2D eigenvalue weighted by molar-refractivity contribution is 6.18. The van der Waals surface area contributed by atoms with Gasteiger partial charge in [0.25, 0.3) is 0 Å². The number of rotatable bonds is 4. The SMILES string of the molecule is N#Cc1cc(-c2cccc(-c3cc4c(c5ccccc35)-c3c(cc(-c5cccc(-c6ccnc(C#N)c6)n5)c5ccccc35)C43c4ccccc4-c4ccccc43)n2)ccn1. The number of benzene rings is 6. The number of hydrogen-bond donors (Lipinski definition) is 0. The van der Waals surface area contributed by atoms with Gasteiger partial charge in [-0.15, -0.1) is 0 Å². The van der Waals surface area contributed by atoms with E-state index in [4.69, 9.17) is 9.97 Å². The number of fused-ring (bicyclic) bond motifs is 14. The fourth-order valence-corrected chi connectivity index (χ4v) is 10.1. The van der Waals surface area contributed by atoms with Crippen molar-refractivity contribution in [2.24, 2.45) is 0 Å². The second-order valence-corrected chi connectivity index (χ2v) is 15.5. The summed E-state index contributed by atoms with van der Waals surface area (Å²) in [6.45, 7) is 0. The minimum absolute atomic E-state index is 0.352. The number of pyridine rings is 4. The zero-order valence-corrected chi connectivity index (χ0v) is 32.5. The van der Waals surface area contributed by atoms with E-state index < -0.39 is 5.41 Å². The highest BCUT2D eigenvalue weighted by Gasteiger charge is 2.53. The summed E-state index contributed by atoms with van der Waals surface area (Å²) < 4.78 is 0. The van der Waals surface area contributed by atoms with E-state index in [0.717, 1.165) is 66.6 Å². The molecule has 0 saturated carbocycles. The van der Waals surface area contributed by atoms with Crippen LogP contribution in [-0.2, 0) is 5.41 Å². The molecule has 6 aromatic carbocycles. The van der Waals surface area contributed by atoms with Gasteiger partial charge in [0.2, 0.25) is 0 Å². The van der Waals surface area contributed by atoms with Crippen molar-refractivity contribution in [2.45, 2.75) is 5.41 Å². The molecule has 4 aromatic heterocycles. The second-order valence-electron chi connectivity index (χ2n) is 15.5. The molecule has 280 valence electrons. The summed E-state index contributed by atoms with van der Waals surface area (Å²) in [6, 6.07) is 64.0. The minimum atomic E-state index is -0.676. The van der Waals surface area contributed by atoms with Crippen LogP contribution >= 0.6 is 0 Å². The maximum atomic E-state index is 9.64. The molecule has 61 heavy (non-hydrogen) atoms. The van der Waals surface area contributed by atoms with Crippen molar-refractivity contribution >= 4 is 21.5 Å². The molecular weight excluding hydrogens is 745 g/mol. The number of nitriles is 2. The first-order valence-corrected chi connectivity index (χ1v) is 20.2. The molecule has 2 aliphatic rings. The Balaban J connectivity index is 1.20. The number of hydrogen-bond acceptors (Lipinski definition) is 6. The molecular formula is C55H30N6. The normalized spacial score (nSPS) is 12.7. The molecule has 0 fully saturated rings. The third-order valence-corrected chi connectivity index (χ3v) is 12.5. The molecule has 6 heteroatoms. The fraction of sp³-hybridized carbons (Fsp3) is 0.0182. The molecule has 0 bridgehead atoms. The van der Waals surface area contributed by atoms with E-state index in [1.165, 1.54) is 44.5 Å². The van der Waals surface area contributed by atoms with Gasteiger partial charge < -0.3 is 0 Å². The second kappa shape index (κ2) is 13.2. The standard InChI is InChI=1S/C55H30N6/c56-31-35-27-33(23-25-58-35)49-19-9-21-51(60-49)43-29-47-53(41-15-3-1-11-37(41)43)54-42-16-4-2-12-38(42)44(52-22-10-20-50(61-52)34-24-26-59-36(28-34)32-57)30-48(54)55(47)45-17-7-5-13-39(45)40-14-6-8-18-46(40)55/h1-30H. The molecule has 1 spiro atoms. The van der Waals surface area contributed by atoms with E-state index >= 15 is 0 Å². The molecule has 4 heterocycles. The largest absolute Gasteiger partial charge is 0.248 e. The van der Waals surface area contributed by atoms with Crippen LogP contribution in [0.5, 0.6) is 0 Å². The van der Waals surface area contributed by atoms with Gasteiger partial charge in [-0.3, -0.25) is 0 Å². The van der Waals surface area contributed by atoms with Gasteiger partial charge in [0.15, 0.2) is 0 Å². The van der Waals surface area contributed by atoms with E-state index in [1.54, 1.807) is 24.5 Å². The Hall–Kier alpha value is -8.58. The molecule has 0 unspecified atom stereocenters. The van der Waals surface area contributed by atoms with E-state index in [2.05, 4.69) is 143 Å². The molecule has 0 radical (unpaired) electrons. The molecule has 0 N–H and O–H groups in total. The first kappa shape index (κ1) is 34.5. The summed E-state index contributed by atoms with van der Waals surface area (Å²) in [5.41, 5.74) is 16.8. The molecule has 10 aromatic rings. The topological polar surface area (TPSA) is 99.1 Å². The van der Waals surface area contributed by atoms with Crippen molar-refractivity contribution < 1.29 is 0 Å². The quantitative estimate of drug-likeness (QED) is 0.177. The third-order valence-electron chi connectivity index (χ3n) is 12.5. The monoisotopic (exact) mass is 774 g/mol. The highest BCUT2D eigenvalue weighted by Crippen LogP contribution is 2.66. The fourth-order valence-electron chi connectivity index (χ4n) is 10.1. The molecule has 0 saturated heterocycles. The molecule has 12 rings (SSSR count). The van der Waals surface area contributed by atoms with Crippen molar-refractivity contribution in [2.75, 3.05) is 0 Å². The third kappa shape index (κ3) is 4.94. The van der Waals surface area contributed by atoms with Crippen LogP contribution in [0.25, 0.3) is 88.8 Å². The van der Waals surface area contributed by atoms with Gasteiger partial charge in [-0.05, 0) is 127 Å². The van der Waals surface area contributed by atoms with Crippen LogP contribution < -0.4 is 0 Å². The smallest absolute Gasteiger partial charge is 0.141 e. The molecule has 0 aliphatic heterocycles. The number of aromatic nitrogens is 4. The summed E-state index contributed by atoms with van der Waals surface area (Å²) in [4.78, 5) is 19.0. The Labute approximate surface area is 351 Å². The van der Waals surface area contributed by atoms with Gasteiger partial charge in [-0.25, -0.2) is 19.9 Å². The summed E-state index contributed by atoms with van der Waals surface area (Å²) in [7, 11) is 0. The van der Waals surface area contributed by atoms with Crippen LogP contribution in [0.15, 0.2) is 182 Å². The van der Waals surface area contributed by atoms with E-state index in [9.17, 15) is 10.5 Å². The molecule has 2 aliphatic carbocycles. The lowest BCUT2D eigenvalue weighted by Gasteiger charge is -2.31. The van der Waals surface area contributed by atoms with Crippen molar-refractivity contribution in [3.05, 3.63) is 216 Å². The van der Waals surface area contributed by atoms with Crippen LogP contribution in [0.1, 0.15) is 33.6 Å². The Kier molecular flexibility index (Phi) is 7.47. The maximum Gasteiger partial charge on any atom is 0.141 e. The summed E-state index contributed by atoms with van der Waals surface area (Å²) in [5, 5.41) is 23.8. The van der Waals surface area contributed by atoms with Gasteiger partial charge >= 0.3 is 0 Å². The summed E-state index contributed by atoms with van der Waals surface area (Å²) in [5.74, 6) is 0. The van der Waals surface area contributed by atoms with Crippen LogP contribution in [0.2, 0.25) is 0 Å². The lowest BCUT2D eigenvalue weighted by molar-refractivity contribution is 0.795. The van der Waals surface area contributed by atoms with Crippen LogP contribution in [0, 0.1) is 22.7 Å². The summed E-state index contributed by atoms with van der Waals surface area (Å²) >= 11 is 0. The van der Waals surface area contributed by atoms with Crippen LogP contribution in [-0.4, -0.2) is 19.9 Å². The first-order valence-electron chi connectivity index (χ1n) is 20.2. The Morgan fingerprint density at radius 1 is 0.361 bits per heavy atom. The Morgan fingerprint density at radius 3 is 1.23 bits per heavy atom. The van der Waals surface area contributed by atoms with Gasteiger partial charge in [-0.1, -0.05) is 109 Å². The lowest BCUT2D eigenvalue weighted by Crippen LogP contribution is -2.26. The predicted molar refractivity (Wildman–Crippen MR) is 240 cm³/mol. The van der Waals surface area contributed by atoms with Crippen LogP contribution in [0.3, 0.4) is 0 Å². The average molecular weight is 775 g/mol. The molecule has 0 atom stereocenters. The lowest BCUT2D eigenvalue weighted by atomic mass is 9.69. The molecule has 6 nitrogen and oxygen atoms in total. The number of nitrogens with zero attached hydrogens (tertiary/aromatic N) is 6. The van der Waals surface area contributed by atoms with Gasteiger partial charge in [0, 0.05) is 34.6 Å². The van der Waals surface area contributed by atoms with Crippen molar-refractivity contribution in [1.29, 1.82) is 10.5 Å². The predicted octanol–water partition coefficient (Wildman–Crippen LogP) is 12.3. The highest BCUT2D eigenvalue weighted by atomic mass is 14.7. The Bertz CT molecular complexity index is 3350. The van der Waals surface area contributed by atoms with Crippen LogP contribution in [0.4, 0.5) is 0 Å². The van der Waals surface area contributed by atoms with E-state index in [0.29, 0.717) is 11.4 Å². The summed E-state index contributed by atoms with van der Waals surface area (Å²) in [6.07, 6.45) is 3.33. The zero-order valence-electron chi connectivity index (χ0n) is 32.5. The van der Waals surface area contributed by atoms with Crippen molar-refractivity contribution in [1.82, 2.24) is 19.9 Å². The van der Waals surface area contributed by atoms with Crippen molar-refractivity contribution in [3.8, 4) is 79.4 Å². The zero-order chi connectivity index (χ0) is 40.7. The average Bonchev–Trinajstić information content (AvgIpc) is 3.81. The Morgan fingerprint density at radius 2 is 0.770 bits per heavy atom. The van der Waals surface area contributed by atoms with Crippen molar-refractivity contribution in [3.63, 3.8) is 0 Å².